The largest absolute Gasteiger partial charge is 0.396 e. The molecule has 0 aliphatic heterocycles. The van der Waals surface area contributed by atoms with Gasteiger partial charge in [0.15, 0.2) is 0 Å². The molecule has 0 fully saturated rings. The summed E-state index contributed by atoms with van der Waals surface area (Å²) in [5.41, 5.74) is 6.89. The summed E-state index contributed by atoms with van der Waals surface area (Å²) in [5, 5.41) is 10.3. The fourth-order valence-electron chi connectivity index (χ4n) is 1.95. The van der Waals surface area contributed by atoms with Crippen LogP contribution in [0.5, 0.6) is 0 Å². The van der Waals surface area contributed by atoms with Crippen molar-refractivity contribution in [3.05, 3.63) is 54.0 Å². The Balaban J connectivity index is 1.90. The van der Waals surface area contributed by atoms with Crippen molar-refractivity contribution in [3.8, 4) is 0 Å². The number of aromatic amines is 1. The van der Waals surface area contributed by atoms with E-state index in [1.165, 1.54) is 18.2 Å². The number of carbonyl (C=O) groups excluding carboxylic acids is 1. The van der Waals surface area contributed by atoms with Crippen LogP contribution < -0.4 is 11.1 Å². The summed E-state index contributed by atoms with van der Waals surface area (Å²) < 4.78 is 13.3. The number of nitrogen functional groups attached to an aromatic ring is 1. The van der Waals surface area contributed by atoms with Gasteiger partial charge < -0.3 is 11.1 Å². The van der Waals surface area contributed by atoms with E-state index in [1.807, 2.05) is 6.07 Å². The van der Waals surface area contributed by atoms with Crippen LogP contribution in [0.15, 0.2) is 42.6 Å². The van der Waals surface area contributed by atoms with Crippen LogP contribution >= 0.6 is 0 Å². The van der Waals surface area contributed by atoms with Gasteiger partial charge in [-0.1, -0.05) is 6.07 Å². The summed E-state index contributed by atoms with van der Waals surface area (Å²) in [6.45, 7) is 0. The van der Waals surface area contributed by atoms with Gasteiger partial charge in [-0.05, 0) is 30.3 Å². The number of hydrogen-bond donors (Lipinski definition) is 3. The average molecular weight is 270 g/mol. The van der Waals surface area contributed by atoms with Gasteiger partial charge in [0.25, 0.3) is 5.91 Å². The molecule has 0 radical (unpaired) electrons. The van der Waals surface area contributed by atoms with Crippen molar-refractivity contribution in [1.29, 1.82) is 0 Å². The Labute approximate surface area is 113 Å². The molecule has 1 heterocycles. The quantitative estimate of drug-likeness (QED) is 0.626. The molecule has 0 atom stereocenters. The first-order valence-corrected chi connectivity index (χ1v) is 5.93. The van der Waals surface area contributed by atoms with Crippen molar-refractivity contribution in [2.45, 2.75) is 0 Å². The molecule has 0 unspecified atom stereocenters. The SMILES string of the molecule is Nc1c(F)cccc1C(=O)Nc1ccc2cn[nH]c2c1. The zero-order valence-corrected chi connectivity index (χ0v) is 10.4. The highest BCUT2D eigenvalue weighted by Gasteiger charge is 2.13. The summed E-state index contributed by atoms with van der Waals surface area (Å²) in [6, 6.07) is 9.44. The van der Waals surface area contributed by atoms with Crippen molar-refractivity contribution >= 4 is 28.2 Å². The average Bonchev–Trinajstić information content (AvgIpc) is 2.89. The second-order valence-corrected chi connectivity index (χ2v) is 4.33. The van der Waals surface area contributed by atoms with Crippen LogP contribution in [0.3, 0.4) is 0 Å². The van der Waals surface area contributed by atoms with Crippen molar-refractivity contribution in [3.63, 3.8) is 0 Å². The highest BCUT2D eigenvalue weighted by molar-refractivity contribution is 6.08. The number of nitrogens with two attached hydrogens (primary N) is 1. The molecule has 4 N–H and O–H groups in total. The van der Waals surface area contributed by atoms with Gasteiger partial charge in [-0.3, -0.25) is 9.89 Å². The lowest BCUT2D eigenvalue weighted by Crippen LogP contribution is -2.14. The molecule has 20 heavy (non-hydrogen) atoms. The van der Waals surface area contributed by atoms with E-state index in [4.69, 9.17) is 5.73 Å². The number of benzene rings is 2. The number of nitrogens with zero attached hydrogens (tertiary/aromatic N) is 1. The van der Waals surface area contributed by atoms with E-state index in [0.29, 0.717) is 5.69 Å². The maximum absolute atomic E-state index is 13.3. The molecule has 1 aromatic heterocycles. The van der Waals surface area contributed by atoms with Crippen molar-refractivity contribution < 1.29 is 9.18 Å². The summed E-state index contributed by atoms with van der Waals surface area (Å²) in [6.07, 6.45) is 1.69. The Morgan fingerprint density at radius 1 is 1.30 bits per heavy atom. The maximum Gasteiger partial charge on any atom is 0.257 e. The molecule has 100 valence electrons. The first-order chi connectivity index (χ1) is 9.65. The minimum Gasteiger partial charge on any atom is -0.396 e. The molecule has 0 saturated heterocycles. The molecule has 1 amide bonds. The predicted molar refractivity (Wildman–Crippen MR) is 74.9 cm³/mol. The number of rotatable bonds is 2. The molecule has 0 aliphatic carbocycles. The van der Waals surface area contributed by atoms with Crippen LogP contribution in [0.1, 0.15) is 10.4 Å². The lowest BCUT2D eigenvalue weighted by atomic mass is 10.1. The zero-order chi connectivity index (χ0) is 14.1. The van der Waals surface area contributed by atoms with Crippen LogP contribution in [-0.4, -0.2) is 16.1 Å². The summed E-state index contributed by atoms with van der Waals surface area (Å²) in [7, 11) is 0. The lowest BCUT2D eigenvalue weighted by Gasteiger charge is -2.08. The molecular weight excluding hydrogens is 259 g/mol. The third-order valence-electron chi connectivity index (χ3n) is 3.00. The maximum atomic E-state index is 13.3. The number of fused-ring (bicyclic) bond motifs is 1. The van der Waals surface area contributed by atoms with Gasteiger partial charge in [0.05, 0.1) is 23.0 Å². The highest BCUT2D eigenvalue weighted by Crippen LogP contribution is 2.20. The van der Waals surface area contributed by atoms with Crippen molar-refractivity contribution in [2.24, 2.45) is 0 Å². The van der Waals surface area contributed by atoms with Gasteiger partial charge in [-0.2, -0.15) is 5.10 Å². The predicted octanol–water partition coefficient (Wildman–Crippen LogP) is 2.54. The molecular formula is C14H11FN4O. The van der Waals surface area contributed by atoms with Crippen LogP contribution in [0.25, 0.3) is 10.9 Å². The van der Waals surface area contributed by atoms with Gasteiger partial charge in [-0.25, -0.2) is 4.39 Å². The molecule has 0 aliphatic rings. The van der Waals surface area contributed by atoms with Gasteiger partial charge in [0.1, 0.15) is 5.82 Å². The van der Waals surface area contributed by atoms with Gasteiger partial charge >= 0.3 is 0 Å². The molecule has 0 spiro atoms. The number of nitrogens with one attached hydrogen (secondary N) is 2. The third kappa shape index (κ3) is 2.07. The zero-order valence-electron chi connectivity index (χ0n) is 10.4. The first kappa shape index (κ1) is 12.2. The Bertz CT molecular complexity index is 797. The number of amides is 1. The van der Waals surface area contributed by atoms with E-state index in [0.717, 1.165) is 10.9 Å². The molecule has 0 saturated carbocycles. The van der Waals surface area contributed by atoms with Crippen molar-refractivity contribution in [1.82, 2.24) is 10.2 Å². The van der Waals surface area contributed by atoms with E-state index in [2.05, 4.69) is 15.5 Å². The number of hydrogen-bond acceptors (Lipinski definition) is 3. The third-order valence-corrected chi connectivity index (χ3v) is 3.00. The Kier molecular flexibility index (Phi) is 2.83. The van der Waals surface area contributed by atoms with E-state index >= 15 is 0 Å². The minimum atomic E-state index is -0.610. The molecule has 3 rings (SSSR count). The normalized spacial score (nSPS) is 10.7. The highest BCUT2D eigenvalue weighted by atomic mass is 19.1. The molecule has 5 nitrogen and oxygen atoms in total. The molecule has 0 bridgehead atoms. The molecule has 6 heteroatoms. The lowest BCUT2D eigenvalue weighted by molar-refractivity contribution is 0.102. The topological polar surface area (TPSA) is 83.8 Å². The Morgan fingerprint density at radius 3 is 3.00 bits per heavy atom. The van der Waals surface area contributed by atoms with Gasteiger partial charge in [-0.15, -0.1) is 0 Å². The van der Waals surface area contributed by atoms with Gasteiger partial charge in [0.2, 0.25) is 0 Å². The van der Waals surface area contributed by atoms with Crippen LogP contribution in [0, 0.1) is 5.82 Å². The van der Waals surface area contributed by atoms with E-state index in [1.54, 1.807) is 18.3 Å². The Hall–Kier alpha value is -2.89. The van der Waals surface area contributed by atoms with Crippen molar-refractivity contribution in [2.75, 3.05) is 11.1 Å². The molecule has 3 aromatic rings. The van der Waals surface area contributed by atoms with E-state index in [-0.39, 0.29) is 11.3 Å². The number of H-pyrrole nitrogens is 1. The second-order valence-electron chi connectivity index (χ2n) is 4.33. The van der Waals surface area contributed by atoms with Crippen LogP contribution in [0.2, 0.25) is 0 Å². The standard InChI is InChI=1S/C14H11FN4O/c15-11-3-1-2-10(13(11)16)14(20)18-9-5-4-8-7-17-19-12(8)6-9/h1-7H,16H2,(H,17,19)(H,18,20). The fraction of sp³-hybridized carbons (Fsp3) is 0. The number of halogens is 1. The van der Waals surface area contributed by atoms with Crippen LogP contribution in [-0.2, 0) is 0 Å². The van der Waals surface area contributed by atoms with Gasteiger partial charge in [0, 0.05) is 11.1 Å². The first-order valence-electron chi connectivity index (χ1n) is 5.93. The number of anilines is 2. The number of para-hydroxylation sites is 1. The Morgan fingerprint density at radius 2 is 2.15 bits per heavy atom. The van der Waals surface area contributed by atoms with E-state index < -0.39 is 11.7 Å². The monoisotopic (exact) mass is 270 g/mol. The summed E-state index contributed by atoms with van der Waals surface area (Å²) in [4.78, 5) is 12.1. The second kappa shape index (κ2) is 4.65. The number of carbonyl (C=O) groups is 1. The fourth-order valence-corrected chi connectivity index (χ4v) is 1.95. The summed E-state index contributed by atoms with van der Waals surface area (Å²) >= 11 is 0. The van der Waals surface area contributed by atoms with E-state index in [9.17, 15) is 9.18 Å². The summed E-state index contributed by atoms with van der Waals surface area (Å²) in [5.74, 6) is -1.07. The molecule has 2 aromatic carbocycles. The smallest absolute Gasteiger partial charge is 0.257 e. The minimum absolute atomic E-state index is 0.106. The van der Waals surface area contributed by atoms with Crippen LogP contribution in [0.4, 0.5) is 15.8 Å². The number of aromatic nitrogens is 2.